The second kappa shape index (κ2) is 6.09. The summed E-state index contributed by atoms with van der Waals surface area (Å²) in [5.41, 5.74) is 5.51. The van der Waals surface area contributed by atoms with E-state index in [1.807, 2.05) is 0 Å². The maximum atomic E-state index is 5.51. The quantitative estimate of drug-likeness (QED) is 0.790. The lowest BCUT2D eigenvalue weighted by Crippen LogP contribution is -1.96. The van der Waals surface area contributed by atoms with Gasteiger partial charge in [0.05, 0.1) is 0 Å². The van der Waals surface area contributed by atoms with Gasteiger partial charge in [-0.1, -0.05) is 38.0 Å². The molecule has 0 aliphatic carbocycles. The van der Waals surface area contributed by atoms with E-state index in [0.717, 1.165) is 11.4 Å². The van der Waals surface area contributed by atoms with Gasteiger partial charge >= 0.3 is 0 Å². The fourth-order valence-electron chi connectivity index (χ4n) is 1.47. The molecule has 0 fully saturated rings. The van der Waals surface area contributed by atoms with Crippen LogP contribution in [0.1, 0.15) is 55.5 Å². The van der Waals surface area contributed by atoms with Gasteiger partial charge in [-0.25, -0.2) is 0 Å². The van der Waals surface area contributed by atoms with Crippen molar-refractivity contribution < 1.29 is 0 Å². The average Bonchev–Trinajstić information content (AvgIpc) is 2.68. The molecule has 1 atom stereocenters. The molecule has 1 aromatic rings. The highest BCUT2D eigenvalue weighted by atomic mass is 32.1. The molecule has 0 bridgehead atoms. The van der Waals surface area contributed by atoms with Crippen molar-refractivity contribution in [1.29, 1.82) is 0 Å². The van der Waals surface area contributed by atoms with E-state index in [1.54, 1.807) is 11.3 Å². The van der Waals surface area contributed by atoms with E-state index in [2.05, 4.69) is 24.0 Å². The number of aromatic nitrogens is 2. The average molecular weight is 213 g/mol. The zero-order chi connectivity index (χ0) is 10.4. The first-order valence-electron chi connectivity index (χ1n) is 5.34. The van der Waals surface area contributed by atoms with Gasteiger partial charge in [0.25, 0.3) is 0 Å². The lowest BCUT2D eigenvalue weighted by molar-refractivity contribution is 0.563. The maximum absolute atomic E-state index is 5.51. The molecule has 0 saturated carbocycles. The smallest absolute Gasteiger partial charge is 0.131 e. The molecule has 0 spiro atoms. The van der Waals surface area contributed by atoms with E-state index < -0.39 is 0 Å². The monoisotopic (exact) mass is 213 g/mol. The molecule has 1 heterocycles. The molecule has 0 aliphatic rings. The summed E-state index contributed by atoms with van der Waals surface area (Å²) in [5.74, 6) is 0.591. The van der Waals surface area contributed by atoms with Gasteiger partial charge in [-0.3, -0.25) is 0 Å². The van der Waals surface area contributed by atoms with Crippen LogP contribution in [0, 0.1) is 0 Å². The fourth-order valence-corrected chi connectivity index (χ4v) is 2.41. The van der Waals surface area contributed by atoms with Gasteiger partial charge in [0.1, 0.15) is 10.0 Å². The van der Waals surface area contributed by atoms with Crippen LogP contribution in [0.15, 0.2) is 0 Å². The zero-order valence-corrected chi connectivity index (χ0v) is 9.81. The SMILES string of the molecule is CCCCC(CC)c1nnc(CN)s1. The predicted octanol–water partition coefficient (Wildman–Crippen LogP) is 2.68. The summed E-state index contributed by atoms with van der Waals surface area (Å²) in [7, 11) is 0. The highest BCUT2D eigenvalue weighted by Crippen LogP contribution is 2.27. The Labute approximate surface area is 89.7 Å². The molecule has 0 aliphatic heterocycles. The van der Waals surface area contributed by atoms with Crippen LogP contribution in [0.4, 0.5) is 0 Å². The number of hydrogen-bond donors (Lipinski definition) is 1. The van der Waals surface area contributed by atoms with Crippen molar-refractivity contribution in [1.82, 2.24) is 10.2 Å². The zero-order valence-electron chi connectivity index (χ0n) is 8.99. The van der Waals surface area contributed by atoms with Gasteiger partial charge in [-0.2, -0.15) is 0 Å². The predicted molar refractivity (Wildman–Crippen MR) is 60.4 cm³/mol. The van der Waals surface area contributed by atoms with E-state index >= 15 is 0 Å². The highest BCUT2D eigenvalue weighted by Gasteiger charge is 2.13. The molecule has 0 saturated heterocycles. The molecule has 0 radical (unpaired) electrons. The summed E-state index contributed by atoms with van der Waals surface area (Å²) >= 11 is 1.67. The van der Waals surface area contributed by atoms with Crippen LogP contribution >= 0.6 is 11.3 Å². The lowest BCUT2D eigenvalue weighted by Gasteiger charge is -2.09. The summed E-state index contributed by atoms with van der Waals surface area (Å²) < 4.78 is 0. The van der Waals surface area contributed by atoms with Crippen LogP contribution in [-0.2, 0) is 6.54 Å². The van der Waals surface area contributed by atoms with Crippen molar-refractivity contribution in [2.45, 2.75) is 52.0 Å². The van der Waals surface area contributed by atoms with Crippen LogP contribution in [0.25, 0.3) is 0 Å². The van der Waals surface area contributed by atoms with E-state index in [1.165, 1.54) is 24.3 Å². The molecule has 80 valence electrons. The topological polar surface area (TPSA) is 51.8 Å². The third-order valence-corrected chi connectivity index (χ3v) is 3.51. The summed E-state index contributed by atoms with van der Waals surface area (Å²) in [6.07, 6.45) is 4.90. The van der Waals surface area contributed by atoms with E-state index in [9.17, 15) is 0 Å². The molecule has 2 N–H and O–H groups in total. The van der Waals surface area contributed by atoms with Crippen LogP contribution < -0.4 is 5.73 Å². The van der Waals surface area contributed by atoms with Crippen molar-refractivity contribution in [3.8, 4) is 0 Å². The van der Waals surface area contributed by atoms with Crippen LogP contribution in [0.2, 0.25) is 0 Å². The third-order valence-electron chi connectivity index (χ3n) is 2.41. The number of nitrogens with zero attached hydrogens (tertiary/aromatic N) is 2. The molecule has 3 nitrogen and oxygen atoms in total. The number of nitrogens with two attached hydrogens (primary N) is 1. The third kappa shape index (κ3) is 3.03. The van der Waals surface area contributed by atoms with E-state index in [-0.39, 0.29) is 0 Å². The summed E-state index contributed by atoms with van der Waals surface area (Å²) in [6, 6.07) is 0. The van der Waals surface area contributed by atoms with Gasteiger partial charge in [-0.15, -0.1) is 10.2 Å². The van der Waals surface area contributed by atoms with Crippen molar-refractivity contribution in [2.75, 3.05) is 0 Å². The Kier molecular flexibility index (Phi) is 5.04. The highest BCUT2D eigenvalue weighted by molar-refractivity contribution is 7.11. The number of hydrogen-bond acceptors (Lipinski definition) is 4. The Balaban J connectivity index is 2.58. The molecule has 14 heavy (non-hydrogen) atoms. The van der Waals surface area contributed by atoms with Crippen LogP contribution in [-0.4, -0.2) is 10.2 Å². The lowest BCUT2D eigenvalue weighted by atomic mass is 10.0. The Bertz CT molecular complexity index is 260. The van der Waals surface area contributed by atoms with Gasteiger partial charge in [0.2, 0.25) is 0 Å². The minimum atomic E-state index is 0.516. The molecule has 0 amide bonds. The Morgan fingerprint density at radius 1 is 1.36 bits per heavy atom. The standard InChI is InChI=1S/C10H19N3S/c1-3-5-6-8(4-2)10-13-12-9(7-11)14-10/h8H,3-7,11H2,1-2H3. The second-order valence-electron chi connectivity index (χ2n) is 3.49. The summed E-state index contributed by atoms with van der Waals surface area (Å²) in [5, 5.41) is 10.4. The van der Waals surface area contributed by atoms with E-state index in [0.29, 0.717) is 12.5 Å². The Morgan fingerprint density at radius 2 is 2.14 bits per heavy atom. The first kappa shape index (κ1) is 11.6. The molecule has 1 aromatic heterocycles. The minimum absolute atomic E-state index is 0.516. The van der Waals surface area contributed by atoms with Gasteiger partial charge < -0.3 is 5.73 Å². The number of unbranched alkanes of at least 4 members (excludes halogenated alkanes) is 1. The van der Waals surface area contributed by atoms with Crippen LogP contribution in [0.5, 0.6) is 0 Å². The first-order valence-corrected chi connectivity index (χ1v) is 6.15. The minimum Gasteiger partial charge on any atom is -0.324 e. The van der Waals surface area contributed by atoms with Crippen LogP contribution in [0.3, 0.4) is 0 Å². The van der Waals surface area contributed by atoms with Gasteiger partial charge in [-0.05, 0) is 12.8 Å². The van der Waals surface area contributed by atoms with Crippen molar-refractivity contribution in [2.24, 2.45) is 5.73 Å². The van der Waals surface area contributed by atoms with Crippen molar-refractivity contribution in [3.63, 3.8) is 0 Å². The molecule has 1 rings (SSSR count). The Morgan fingerprint density at radius 3 is 2.64 bits per heavy atom. The fraction of sp³-hybridized carbons (Fsp3) is 0.800. The Hall–Kier alpha value is -0.480. The van der Waals surface area contributed by atoms with Gasteiger partial charge in [0.15, 0.2) is 0 Å². The molecular formula is C10H19N3S. The van der Waals surface area contributed by atoms with Crippen molar-refractivity contribution >= 4 is 11.3 Å². The van der Waals surface area contributed by atoms with Gasteiger partial charge in [0, 0.05) is 12.5 Å². The first-order chi connectivity index (χ1) is 6.81. The van der Waals surface area contributed by atoms with Crippen molar-refractivity contribution in [3.05, 3.63) is 10.0 Å². The second-order valence-corrected chi connectivity index (χ2v) is 4.58. The molecule has 0 aromatic carbocycles. The summed E-state index contributed by atoms with van der Waals surface area (Å²) in [4.78, 5) is 0. The molecule has 4 heteroatoms. The molecular weight excluding hydrogens is 194 g/mol. The molecule has 1 unspecified atom stereocenters. The summed E-state index contributed by atoms with van der Waals surface area (Å²) in [6.45, 7) is 4.95. The number of rotatable bonds is 6. The largest absolute Gasteiger partial charge is 0.324 e. The van der Waals surface area contributed by atoms with E-state index in [4.69, 9.17) is 5.73 Å². The maximum Gasteiger partial charge on any atom is 0.131 e. The normalized spacial score (nSPS) is 13.1.